The van der Waals surface area contributed by atoms with Gasteiger partial charge in [-0.25, -0.2) is 0 Å². The monoisotopic (exact) mass is 238 g/mol. The van der Waals surface area contributed by atoms with Crippen molar-refractivity contribution in [1.29, 1.82) is 0 Å². The highest BCUT2D eigenvalue weighted by Crippen LogP contribution is 2.45. The molecule has 0 fully saturated rings. The maximum absolute atomic E-state index is 11.1. The number of carbonyl (C=O) groups excluding carboxylic acids is 2. The molecule has 0 radical (unpaired) electrons. The minimum absolute atomic E-state index is 0.215. The molecule has 4 nitrogen and oxygen atoms in total. The Kier molecular flexibility index (Phi) is 3.05. The number of rotatable bonds is 2. The molecule has 0 aromatic carbocycles. The number of hydrogen-bond donors (Lipinski definition) is 1. The summed E-state index contributed by atoms with van der Waals surface area (Å²) in [7, 11) is 0. The fourth-order valence-corrected chi connectivity index (χ4v) is 3.51. The Morgan fingerprint density at radius 1 is 1.56 bits per heavy atom. The molecule has 16 heavy (non-hydrogen) atoms. The lowest BCUT2D eigenvalue weighted by Crippen LogP contribution is -2.44. The molecule has 0 saturated heterocycles. The summed E-state index contributed by atoms with van der Waals surface area (Å²) in [5.74, 6) is -2.01. The van der Waals surface area contributed by atoms with Crippen molar-refractivity contribution in [1.82, 2.24) is 5.32 Å². The minimum atomic E-state index is -1.11. The van der Waals surface area contributed by atoms with Gasteiger partial charge < -0.3 is 15.2 Å². The summed E-state index contributed by atoms with van der Waals surface area (Å²) in [5.41, 5.74) is 0.895. The number of amides is 1. The number of hydrogen-bond acceptors (Lipinski definition) is 4. The Morgan fingerprint density at radius 3 is 2.94 bits per heavy atom. The van der Waals surface area contributed by atoms with E-state index in [1.165, 1.54) is 18.7 Å². The Morgan fingerprint density at radius 2 is 2.31 bits per heavy atom. The standard InChI is InChI=1S/C11H13NO3S/c1-6(13)12-10-9(11(14)15)7-4-2-3-5-8(7)16-10/h3,5,9-10H,2,4H2,1H3,(H,12,13)(H,14,15)/p-1. The molecule has 1 N–H and O–H groups in total. The molecule has 0 aromatic rings. The normalized spacial score (nSPS) is 27.8. The van der Waals surface area contributed by atoms with Crippen molar-refractivity contribution < 1.29 is 14.7 Å². The van der Waals surface area contributed by atoms with Crippen molar-refractivity contribution in [2.45, 2.75) is 25.1 Å². The predicted octanol–water partition coefficient (Wildman–Crippen LogP) is 0.166. The summed E-state index contributed by atoms with van der Waals surface area (Å²) < 4.78 is 0. The summed E-state index contributed by atoms with van der Waals surface area (Å²) in [4.78, 5) is 23.1. The zero-order valence-electron chi connectivity index (χ0n) is 8.86. The first-order chi connectivity index (χ1) is 7.59. The molecule has 2 rings (SSSR count). The van der Waals surface area contributed by atoms with E-state index in [1.807, 2.05) is 12.2 Å². The molecule has 2 unspecified atom stereocenters. The summed E-state index contributed by atoms with van der Waals surface area (Å²) in [5, 5.41) is 13.4. The van der Waals surface area contributed by atoms with Crippen LogP contribution in [-0.2, 0) is 9.59 Å². The van der Waals surface area contributed by atoms with Crippen LogP contribution in [0.2, 0.25) is 0 Å². The van der Waals surface area contributed by atoms with Gasteiger partial charge in [0.2, 0.25) is 5.91 Å². The summed E-state index contributed by atoms with van der Waals surface area (Å²) in [6, 6.07) is 0. The molecule has 0 aromatic heterocycles. The van der Waals surface area contributed by atoms with Crippen LogP contribution in [0.1, 0.15) is 19.8 Å². The van der Waals surface area contributed by atoms with Crippen molar-refractivity contribution >= 4 is 23.6 Å². The smallest absolute Gasteiger partial charge is 0.217 e. The molecule has 2 aliphatic rings. The molecular formula is C11H12NO3S-. The molecule has 1 aliphatic heterocycles. The van der Waals surface area contributed by atoms with Crippen LogP contribution < -0.4 is 10.4 Å². The zero-order valence-corrected chi connectivity index (χ0v) is 9.67. The van der Waals surface area contributed by atoms with Crippen molar-refractivity contribution in [3.63, 3.8) is 0 Å². The Hall–Kier alpha value is -1.23. The molecule has 1 aliphatic carbocycles. The lowest BCUT2D eigenvalue weighted by Gasteiger charge is -2.23. The average Bonchev–Trinajstić information content (AvgIpc) is 2.53. The Bertz CT molecular complexity index is 400. The molecule has 2 atom stereocenters. The molecule has 1 amide bonds. The second-order valence-corrected chi connectivity index (χ2v) is 5.05. The van der Waals surface area contributed by atoms with E-state index in [0.29, 0.717) is 0 Å². The molecule has 0 bridgehead atoms. The van der Waals surface area contributed by atoms with E-state index in [0.717, 1.165) is 23.3 Å². The van der Waals surface area contributed by atoms with Crippen LogP contribution in [0, 0.1) is 5.92 Å². The number of allylic oxidation sites excluding steroid dienone is 2. The van der Waals surface area contributed by atoms with Gasteiger partial charge in [-0.05, 0) is 18.4 Å². The van der Waals surface area contributed by atoms with E-state index in [4.69, 9.17) is 0 Å². The third-order valence-electron chi connectivity index (χ3n) is 2.70. The first-order valence-electron chi connectivity index (χ1n) is 5.14. The van der Waals surface area contributed by atoms with E-state index in [-0.39, 0.29) is 5.91 Å². The van der Waals surface area contributed by atoms with Crippen LogP contribution in [0.5, 0.6) is 0 Å². The molecular weight excluding hydrogens is 226 g/mol. The first kappa shape index (κ1) is 11.3. The lowest BCUT2D eigenvalue weighted by atomic mass is 9.92. The van der Waals surface area contributed by atoms with Gasteiger partial charge in [-0.2, -0.15) is 0 Å². The van der Waals surface area contributed by atoms with Gasteiger partial charge in [-0.3, -0.25) is 4.79 Å². The van der Waals surface area contributed by atoms with Gasteiger partial charge in [0.25, 0.3) is 0 Å². The Labute approximate surface area is 97.8 Å². The van der Waals surface area contributed by atoms with Crippen molar-refractivity contribution in [2.75, 3.05) is 0 Å². The number of nitrogens with one attached hydrogen (secondary N) is 1. The minimum Gasteiger partial charge on any atom is -0.549 e. The van der Waals surface area contributed by atoms with Gasteiger partial charge in [0.05, 0.1) is 17.3 Å². The molecule has 86 valence electrons. The van der Waals surface area contributed by atoms with Gasteiger partial charge in [0.15, 0.2) is 0 Å². The molecule has 5 heteroatoms. The van der Waals surface area contributed by atoms with E-state index in [1.54, 1.807) is 0 Å². The highest BCUT2D eigenvalue weighted by atomic mass is 32.2. The summed E-state index contributed by atoms with van der Waals surface area (Å²) >= 11 is 1.40. The van der Waals surface area contributed by atoms with Crippen LogP contribution in [-0.4, -0.2) is 17.3 Å². The number of carboxylic acids is 1. The highest BCUT2D eigenvalue weighted by molar-refractivity contribution is 8.04. The molecule has 0 saturated carbocycles. The second-order valence-electron chi connectivity index (χ2n) is 3.87. The summed E-state index contributed by atoms with van der Waals surface area (Å²) in [6.45, 7) is 1.39. The number of aliphatic carboxylic acids is 1. The van der Waals surface area contributed by atoms with Gasteiger partial charge in [-0.15, -0.1) is 11.8 Å². The highest BCUT2D eigenvalue weighted by Gasteiger charge is 2.36. The van der Waals surface area contributed by atoms with Crippen LogP contribution >= 0.6 is 11.8 Å². The fourth-order valence-electron chi connectivity index (χ4n) is 2.05. The van der Waals surface area contributed by atoms with E-state index in [2.05, 4.69) is 5.32 Å². The van der Waals surface area contributed by atoms with Crippen molar-refractivity contribution in [2.24, 2.45) is 5.92 Å². The number of carbonyl (C=O) groups is 2. The van der Waals surface area contributed by atoms with Gasteiger partial charge >= 0.3 is 0 Å². The number of thioether (sulfide) groups is 1. The largest absolute Gasteiger partial charge is 0.549 e. The van der Waals surface area contributed by atoms with E-state index >= 15 is 0 Å². The molecule has 1 heterocycles. The quantitative estimate of drug-likeness (QED) is 0.744. The van der Waals surface area contributed by atoms with Crippen LogP contribution in [0.25, 0.3) is 0 Å². The van der Waals surface area contributed by atoms with E-state index in [9.17, 15) is 14.7 Å². The van der Waals surface area contributed by atoms with Gasteiger partial charge in [0.1, 0.15) is 0 Å². The predicted molar refractivity (Wildman–Crippen MR) is 59.1 cm³/mol. The lowest BCUT2D eigenvalue weighted by molar-refractivity contribution is -0.310. The van der Waals surface area contributed by atoms with Crippen LogP contribution in [0.4, 0.5) is 0 Å². The average molecular weight is 238 g/mol. The van der Waals surface area contributed by atoms with E-state index < -0.39 is 17.3 Å². The topological polar surface area (TPSA) is 69.2 Å². The third kappa shape index (κ3) is 2.00. The first-order valence-corrected chi connectivity index (χ1v) is 6.02. The fraction of sp³-hybridized carbons (Fsp3) is 0.455. The second kappa shape index (κ2) is 4.33. The van der Waals surface area contributed by atoms with Crippen molar-refractivity contribution in [3.8, 4) is 0 Å². The number of carboxylic acid groups (broad SMARTS) is 1. The van der Waals surface area contributed by atoms with Crippen LogP contribution in [0.15, 0.2) is 22.6 Å². The SMILES string of the molecule is CC(=O)NC1SC2=C(CCC=C2)C1C(=O)[O-]. The van der Waals surface area contributed by atoms with Gasteiger partial charge in [0, 0.05) is 11.8 Å². The summed E-state index contributed by atoms with van der Waals surface area (Å²) in [6.07, 6.45) is 5.55. The maximum atomic E-state index is 11.1. The van der Waals surface area contributed by atoms with Crippen molar-refractivity contribution in [3.05, 3.63) is 22.6 Å². The third-order valence-corrected chi connectivity index (χ3v) is 3.99. The van der Waals surface area contributed by atoms with Crippen LogP contribution in [0.3, 0.4) is 0 Å². The molecule has 0 spiro atoms. The maximum Gasteiger partial charge on any atom is 0.217 e. The zero-order chi connectivity index (χ0) is 11.7. The Balaban J connectivity index is 2.24. The van der Waals surface area contributed by atoms with Gasteiger partial charge in [-0.1, -0.05) is 12.2 Å².